The van der Waals surface area contributed by atoms with Crippen molar-refractivity contribution < 1.29 is 0 Å². The lowest BCUT2D eigenvalue weighted by molar-refractivity contribution is 0.608. The second-order valence-corrected chi connectivity index (χ2v) is 5.74. The lowest BCUT2D eigenvalue weighted by Gasteiger charge is -2.26. The van der Waals surface area contributed by atoms with Gasteiger partial charge in [0.1, 0.15) is 5.82 Å². The number of nitrogens with one attached hydrogen (secondary N) is 2. The number of hydrogen-bond acceptors (Lipinski definition) is 5. The minimum Gasteiger partial charge on any atom is -0.366 e. The molecular weight excluding hydrogens is 318 g/mol. The van der Waals surface area contributed by atoms with E-state index in [0.29, 0.717) is 12.0 Å². The molecule has 0 saturated heterocycles. The number of nitrogens with two attached hydrogens (primary N) is 1. The molecule has 2 aromatic rings. The molecular formula is C14H16BrN5. The van der Waals surface area contributed by atoms with E-state index in [1.54, 1.807) is 6.20 Å². The molecule has 4 N–H and O–H groups in total. The number of anilines is 2. The minimum absolute atomic E-state index is 0.377. The van der Waals surface area contributed by atoms with Crippen LogP contribution in [0.2, 0.25) is 0 Å². The van der Waals surface area contributed by atoms with Gasteiger partial charge in [-0.15, -0.1) is 0 Å². The molecule has 0 bridgehead atoms. The van der Waals surface area contributed by atoms with Gasteiger partial charge >= 0.3 is 0 Å². The van der Waals surface area contributed by atoms with Crippen LogP contribution in [-0.4, -0.2) is 16.0 Å². The van der Waals surface area contributed by atoms with Gasteiger partial charge in [0, 0.05) is 12.2 Å². The molecule has 1 atom stereocenters. The number of nitrogens with zero attached hydrogens (tertiary/aromatic N) is 2. The van der Waals surface area contributed by atoms with Crippen LogP contribution in [0.1, 0.15) is 17.5 Å². The van der Waals surface area contributed by atoms with Crippen LogP contribution in [-0.2, 0) is 12.8 Å². The second-order valence-electron chi connectivity index (χ2n) is 4.89. The Balaban J connectivity index is 1.76. The highest BCUT2D eigenvalue weighted by atomic mass is 79.9. The highest BCUT2D eigenvalue weighted by Gasteiger charge is 2.19. The Morgan fingerprint density at radius 2 is 2.05 bits per heavy atom. The molecule has 3 rings (SSSR count). The van der Waals surface area contributed by atoms with Crippen LogP contribution in [0.3, 0.4) is 0 Å². The van der Waals surface area contributed by atoms with E-state index < -0.39 is 0 Å². The van der Waals surface area contributed by atoms with Crippen LogP contribution >= 0.6 is 15.9 Å². The van der Waals surface area contributed by atoms with Gasteiger partial charge < -0.3 is 5.32 Å². The van der Waals surface area contributed by atoms with Gasteiger partial charge in [-0.1, -0.05) is 24.3 Å². The smallest absolute Gasteiger partial charge is 0.239 e. The molecule has 0 spiro atoms. The lowest BCUT2D eigenvalue weighted by atomic mass is 9.88. The molecule has 0 saturated carbocycles. The minimum atomic E-state index is 0.377. The Morgan fingerprint density at radius 1 is 1.25 bits per heavy atom. The molecule has 5 nitrogen and oxygen atoms in total. The van der Waals surface area contributed by atoms with Crippen molar-refractivity contribution in [2.75, 3.05) is 10.7 Å². The predicted octanol–water partition coefficient (Wildman–Crippen LogP) is 2.49. The molecule has 1 aromatic carbocycles. The summed E-state index contributed by atoms with van der Waals surface area (Å²) in [5.74, 6) is 6.53. The fraction of sp³-hybridized carbons (Fsp3) is 0.286. The van der Waals surface area contributed by atoms with E-state index in [9.17, 15) is 0 Å². The quantitative estimate of drug-likeness (QED) is 0.594. The first-order valence-electron chi connectivity index (χ1n) is 6.58. The van der Waals surface area contributed by atoms with Crippen molar-refractivity contribution in [3.63, 3.8) is 0 Å². The summed E-state index contributed by atoms with van der Waals surface area (Å²) in [7, 11) is 0. The van der Waals surface area contributed by atoms with Crippen molar-refractivity contribution in [3.8, 4) is 0 Å². The predicted molar refractivity (Wildman–Crippen MR) is 83.4 cm³/mol. The van der Waals surface area contributed by atoms with Crippen molar-refractivity contribution in [3.05, 3.63) is 46.1 Å². The van der Waals surface area contributed by atoms with E-state index in [-0.39, 0.29) is 0 Å². The molecule has 1 unspecified atom stereocenters. The van der Waals surface area contributed by atoms with Gasteiger partial charge in [0.05, 0.1) is 4.47 Å². The number of aromatic nitrogens is 2. The molecule has 1 aliphatic carbocycles. The van der Waals surface area contributed by atoms with Crippen molar-refractivity contribution in [2.24, 2.45) is 5.84 Å². The Hall–Kier alpha value is -1.66. The fourth-order valence-electron chi connectivity index (χ4n) is 2.55. The van der Waals surface area contributed by atoms with Crippen LogP contribution in [0.5, 0.6) is 0 Å². The Kier molecular flexibility index (Phi) is 3.84. The van der Waals surface area contributed by atoms with Crippen LogP contribution in [0.15, 0.2) is 34.9 Å². The summed E-state index contributed by atoms with van der Waals surface area (Å²) in [6.07, 6.45) is 4.90. The zero-order valence-electron chi connectivity index (χ0n) is 10.9. The highest BCUT2D eigenvalue weighted by Crippen LogP contribution is 2.26. The average Bonchev–Trinajstić information content (AvgIpc) is 2.49. The number of fused-ring (bicyclic) bond motifs is 1. The first-order valence-corrected chi connectivity index (χ1v) is 7.38. The number of hydrazine groups is 1. The van der Waals surface area contributed by atoms with Gasteiger partial charge in [0.2, 0.25) is 5.95 Å². The largest absolute Gasteiger partial charge is 0.366 e. The zero-order chi connectivity index (χ0) is 13.9. The number of rotatable bonds is 3. The summed E-state index contributed by atoms with van der Waals surface area (Å²) in [5.41, 5.74) is 5.33. The number of hydrogen-bond donors (Lipinski definition) is 3. The van der Waals surface area contributed by atoms with Gasteiger partial charge in [-0.3, -0.25) is 5.43 Å². The average molecular weight is 334 g/mol. The normalized spacial score (nSPS) is 17.4. The standard InChI is InChI=1S/C14H16BrN5/c15-12-8-17-14(20-16)19-13(12)18-11-6-5-9-3-1-2-4-10(9)7-11/h1-4,8,11H,5-7,16H2,(H2,17,18,19,20). The molecule has 104 valence electrons. The van der Waals surface area contributed by atoms with Crippen molar-refractivity contribution >= 4 is 27.7 Å². The van der Waals surface area contributed by atoms with Crippen LogP contribution < -0.4 is 16.6 Å². The third-order valence-corrected chi connectivity index (χ3v) is 4.14. The van der Waals surface area contributed by atoms with Crippen molar-refractivity contribution in [1.29, 1.82) is 0 Å². The third-order valence-electron chi connectivity index (χ3n) is 3.56. The molecule has 0 fully saturated rings. The second kappa shape index (κ2) is 5.76. The first kappa shape index (κ1) is 13.3. The Labute approximate surface area is 126 Å². The highest BCUT2D eigenvalue weighted by molar-refractivity contribution is 9.10. The van der Waals surface area contributed by atoms with E-state index in [1.165, 1.54) is 11.1 Å². The molecule has 6 heteroatoms. The molecule has 0 radical (unpaired) electrons. The fourth-order valence-corrected chi connectivity index (χ4v) is 2.86. The Bertz CT molecular complexity index is 616. The maximum atomic E-state index is 5.35. The number of nitrogen functional groups attached to an aromatic ring is 1. The van der Waals surface area contributed by atoms with E-state index in [2.05, 4.69) is 60.9 Å². The summed E-state index contributed by atoms with van der Waals surface area (Å²) >= 11 is 3.46. The van der Waals surface area contributed by atoms with Gasteiger partial charge in [0.25, 0.3) is 0 Å². The third kappa shape index (κ3) is 2.76. The van der Waals surface area contributed by atoms with Gasteiger partial charge in [-0.2, -0.15) is 4.98 Å². The van der Waals surface area contributed by atoms with Crippen LogP contribution in [0, 0.1) is 0 Å². The molecule has 0 aliphatic heterocycles. The topological polar surface area (TPSA) is 75.9 Å². The van der Waals surface area contributed by atoms with Crippen molar-refractivity contribution in [1.82, 2.24) is 9.97 Å². The lowest BCUT2D eigenvalue weighted by Crippen LogP contribution is -2.28. The van der Waals surface area contributed by atoms with E-state index in [1.807, 2.05) is 0 Å². The number of benzene rings is 1. The Morgan fingerprint density at radius 3 is 2.85 bits per heavy atom. The zero-order valence-corrected chi connectivity index (χ0v) is 12.5. The number of halogens is 1. The molecule has 0 amide bonds. The van der Waals surface area contributed by atoms with E-state index in [0.717, 1.165) is 29.6 Å². The molecule has 20 heavy (non-hydrogen) atoms. The summed E-state index contributed by atoms with van der Waals surface area (Å²) in [6, 6.07) is 8.99. The van der Waals surface area contributed by atoms with Crippen LogP contribution in [0.4, 0.5) is 11.8 Å². The van der Waals surface area contributed by atoms with E-state index in [4.69, 9.17) is 5.84 Å². The molecule has 1 aromatic heterocycles. The van der Waals surface area contributed by atoms with E-state index >= 15 is 0 Å². The van der Waals surface area contributed by atoms with Gasteiger partial charge in [-0.25, -0.2) is 10.8 Å². The molecule has 1 aliphatic rings. The summed E-state index contributed by atoms with van der Waals surface area (Å²) < 4.78 is 0.843. The van der Waals surface area contributed by atoms with Crippen molar-refractivity contribution in [2.45, 2.75) is 25.3 Å². The first-order chi connectivity index (χ1) is 9.76. The molecule has 1 heterocycles. The van der Waals surface area contributed by atoms with Crippen LogP contribution in [0.25, 0.3) is 0 Å². The number of aryl methyl sites for hydroxylation is 1. The van der Waals surface area contributed by atoms with Gasteiger partial charge in [-0.05, 0) is 46.3 Å². The SMILES string of the molecule is NNc1ncc(Br)c(NC2CCc3ccccc3C2)n1. The maximum Gasteiger partial charge on any atom is 0.239 e. The maximum absolute atomic E-state index is 5.35. The van der Waals surface area contributed by atoms with Gasteiger partial charge in [0.15, 0.2) is 0 Å². The summed E-state index contributed by atoms with van der Waals surface area (Å²) in [6.45, 7) is 0. The monoisotopic (exact) mass is 333 g/mol. The summed E-state index contributed by atoms with van der Waals surface area (Å²) in [5, 5.41) is 3.47. The summed E-state index contributed by atoms with van der Waals surface area (Å²) in [4.78, 5) is 8.39.